The summed E-state index contributed by atoms with van der Waals surface area (Å²) in [4.78, 5) is 41.6. The molecule has 0 unspecified atom stereocenters. The van der Waals surface area contributed by atoms with Gasteiger partial charge < -0.3 is 26.2 Å². The number of aromatic nitrogens is 2. The van der Waals surface area contributed by atoms with E-state index >= 15 is 0 Å². The molecule has 1 saturated heterocycles. The molecule has 10 nitrogen and oxygen atoms in total. The number of hydrogen-bond donors (Lipinski definition) is 4. The molecule has 1 aromatic heterocycles. The number of unbranched alkanes of at least 4 members (excludes halogenated alkanes) is 2. The number of benzene rings is 1. The molecule has 1 aliphatic heterocycles. The number of carbonyl (C=O) groups excluding carboxylic acids is 2. The molecule has 2 amide bonds. The van der Waals surface area contributed by atoms with Crippen LogP contribution in [0.5, 0.6) is 0 Å². The Balaban J connectivity index is 1.70. The predicted molar refractivity (Wildman–Crippen MR) is 127 cm³/mol. The lowest BCUT2D eigenvalue weighted by atomic mass is 10.0. The molecule has 34 heavy (non-hydrogen) atoms. The lowest BCUT2D eigenvalue weighted by Gasteiger charge is -2.23. The van der Waals surface area contributed by atoms with Crippen LogP contribution in [0.3, 0.4) is 0 Å². The van der Waals surface area contributed by atoms with E-state index in [0.717, 1.165) is 24.8 Å². The molecular formula is C24H33N5O5. The van der Waals surface area contributed by atoms with Crippen molar-refractivity contribution >= 4 is 17.6 Å². The maximum atomic E-state index is 13.2. The van der Waals surface area contributed by atoms with Gasteiger partial charge in [-0.2, -0.15) is 4.98 Å². The number of rotatable bonds is 11. The Morgan fingerprint density at radius 3 is 2.71 bits per heavy atom. The Morgan fingerprint density at radius 1 is 1.26 bits per heavy atom. The molecule has 1 fully saturated rings. The number of ether oxygens (including phenoxy) is 1. The van der Waals surface area contributed by atoms with Gasteiger partial charge >= 0.3 is 5.69 Å². The third-order valence-electron chi connectivity index (χ3n) is 5.85. The minimum Gasteiger partial charge on any atom is -0.394 e. The maximum Gasteiger partial charge on any atom is 0.351 e. The molecule has 0 spiro atoms. The summed E-state index contributed by atoms with van der Waals surface area (Å²) in [6.07, 6.45) is 3.70. The molecule has 0 bridgehead atoms. The van der Waals surface area contributed by atoms with E-state index in [2.05, 4.69) is 22.5 Å². The highest BCUT2D eigenvalue weighted by Crippen LogP contribution is 2.27. The topological polar surface area (TPSA) is 149 Å². The first-order valence-electron chi connectivity index (χ1n) is 11.7. The predicted octanol–water partition coefficient (Wildman–Crippen LogP) is 0.898. The third kappa shape index (κ3) is 6.88. The summed E-state index contributed by atoms with van der Waals surface area (Å²) in [5, 5.41) is 15.6. The van der Waals surface area contributed by atoms with Gasteiger partial charge in [0.2, 0.25) is 11.8 Å². The monoisotopic (exact) mass is 471 g/mol. The van der Waals surface area contributed by atoms with Crippen LogP contribution in [0, 0.1) is 0 Å². The van der Waals surface area contributed by atoms with Crippen LogP contribution in [0.15, 0.2) is 47.4 Å². The van der Waals surface area contributed by atoms with Crippen LogP contribution in [0.25, 0.3) is 0 Å². The zero-order chi connectivity index (χ0) is 24.5. The number of nitrogens with one attached hydrogen (secondary N) is 2. The molecular weight excluding hydrogens is 438 g/mol. The number of aliphatic hydroxyl groups excluding tert-OH is 1. The Kier molecular flexibility index (Phi) is 9.17. The molecule has 0 aliphatic carbocycles. The number of amides is 2. The van der Waals surface area contributed by atoms with E-state index in [-0.39, 0.29) is 30.7 Å². The molecule has 1 aromatic carbocycles. The highest BCUT2D eigenvalue weighted by Gasteiger charge is 2.38. The Hall–Kier alpha value is -3.24. The quantitative estimate of drug-likeness (QED) is 0.356. The summed E-state index contributed by atoms with van der Waals surface area (Å²) < 4.78 is 7.09. The number of hydrogen-bond acceptors (Lipinski definition) is 7. The largest absolute Gasteiger partial charge is 0.394 e. The van der Waals surface area contributed by atoms with Crippen LogP contribution in [0.1, 0.15) is 50.8 Å². The summed E-state index contributed by atoms with van der Waals surface area (Å²) in [5.74, 6) is -0.451. The normalized spacial score (nSPS) is 20.6. The molecule has 1 aliphatic rings. The van der Waals surface area contributed by atoms with E-state index in [0.29, 0.717) is 12.8 Å². The van der Waals surface area contributed by atoms with Gasteiger partial charge in [0.25, 0.3) is 0 Å². The number of carbonyl (C=O) groups is 2. The van der Waals surface area contributed by atoms with Crippen molar-refractivity contribution < 1.29 is 19.4 Å². The van der Waals surface area contributed by atoms with Gasteiger partial charge in [-0.15, -0.1) is 0 Å². The first-order chi connectivity index (χ1) is 16.4. The van der Waals surface area contributed by atoms with E-state index in [1.54, 1.807) is 0 Å². The zero-order valence-electron chi connectivity index (χ0n) is 19.4. The van der Waals surface area contributed by atoms with Crippen LogP contribution in [0.4, 0.5) is 5.82 Å². The fourth-order valence-electron chi connectivity index (χ4n) is 4.01. The van der Waals surface area contributed by atoms with Gasteiger partial charge in [0.15, 0.2) is 0 Å². The molecule has 184 valence electrons. The van der Waals surface area contributed by atoms with Gasteiger partial charge in [0.05, 0.1) is 12.6 Å². The van der Waals surface area contributed by atoms with Gasteiger partial charge in [-0.3, -0.25) is 14.2 Å². The minimum atomic E-state index is -0.782. The van der Waals surface area contributed by atoms with Gasteiger partial charge in [0.1, 0.15) is 24.2 Å². The van der Waals surface area contributed by atoms with Crippen LogP contribution >= 0.6 is 0 Å². The minimum absolute atomic E-state index is 0.0984. The van der Waals surface area contributed by atoms with Crippen LogP contribution in [-0.2, 0) is 20.7 Å². The lowest BCUT2D eigenvalue weighted by molar-refractivity contribution is -0.129. The second-order valence-electron chi connectivity index (χ2n) is 8.47. The fraction of sp³-hybridized carbons (Fsp3) is 0.500. The first kappa shape index (κ1) is 25.4. The molecule has 3 rings (SSSR count). The van der Waals surface area contributed by atoms with E-state index in [1.807, 2.05) is 30.3 Å². The SMILES string of the molecule is CCCCCC(=O)N[C@@H](Cc1ccccc1)C(=O)N[C@H]1C[C@H](n2ccc(N)nc2=O)O[C@@H]1CO. The van der Waals surface area contributed by atoms with Gasteiger partial charge in [0, 0.05) is 25.5 Å². The highest BCUT2D eigenvalue weighted by molar-refractivity contribution is 5.88. The molecule has 0 radical (unpaired) electrons. The maximum absolute atomic E-state index is 13.2. The Labute approximate surface area is 198 Å². The van der Waals surface area contributed by atoms with E-state index in [4.69, 9.17) is 10.5 Å². The second-order valence-corrected chi connectivity index (χ2v) is 8.47. The smallest absolute Gasteiger partial charge is 0.351 e. The molecule has 5 N–H and O–H groups in total. The van der Waals surface area contributed by atoms with Crippen molar-refractivity contribution in [3.8, 4) is 0 Å². The molecule has 0 saturated carbocycles. The van der Waals surface area contributed by atoms with E-state index < -0.39 is 30.1 Å². The van der Waals surface area contributed by atoms with Crippen molar-refractivity contribution in [2.24, 2.45) is 0 Å². The third-order valence-corrected chi connectivity index (χ3v) is 5.85. The summed E-state index contributed by atoms with van der Waals surface area (Å²) >= 11 is 0. The average molecular weight is 472 g/mol. The Bertz CT molecular complexity index is 1010. The van der Waals surface area contributed by atoms with Crippen LogP contribution < -0.4 is 22.1 Å². The summed E-state index contributed by atoms with van der Waals surface area (Å²) in [6.45, 7) is 1.72. The van der Waals surface area contributed by atoms with E-state index in [9.17, 15) is 19.5 Å². The van der Waals surface area contributed by atoms with E-state index in [1.165, 1.54) is 16.8 Å². The van der Waals surface area contributed by atoms with Crippen LogP contribution in [-0.4, -0.2) is 51.3 Å². The molecule has 2 aromatic rings. The van der Waals surface area contributed by atoms with Crippen molar-refractivity contribution in [1.29, 1.82) is 0 Å². The van der Waals surface area contributed by atoms with Gasteiger partial charge in [-0.25, -0.2) is 4.79 Å². The fourth-order valence-corrected chi connectivity index (χ4v) is 4.01. The number of aliphatic hydroxyl groups is 1. The zero-order valence-corrected chi connectivity index (χ0v) is 19.4. The number of nitrogens with zero attached hydrogens (tertiary/aromatic N) is 2. The van der Waals surface area contributed by atoms with Crippen LogP contribution in [0.2, 0.25) is 0 Å². The standard InChI is InChI=1S/C24H33N5O5/c1-2-3-5-10-21(31)26-18(13-16-8-6-4-7-9-16)23(32)27-17-14-22(34-19(17)15-30)29-12-11-20(25)28-24(29)33/h4,6-9,11-12,17-19,22,30H,2-3,5,10,13-15H2,1H3,(H,26,31)(H,27,32)(H2,25,28,33)/t17-,18-,19+,22+/m0/s1. The number of nitrogens with two attached hydrogens (primary N) is 1. The summed E-state index contributed by atoms with van der Waals surface area (Å²) in [6, 6.07) is 9.58. The Morgan fingerprint density at radius 2 is 2.03 bits per heavy atom. The summed E-state index contributed by atoms with van der Waals surface area (Å²) in [7, 11) is 0. The number of anilines is 1. The molecule has 10 heteroatoms. The van der Waals surface area contributed by atoms with Gasteiger partial charge in [-0.05, 0) is 18.1 Å². The first-order valence-corrected chi connectivity index (χ1v) is 11.7. The van der Waals surface area contributed by atoms with Crippen molar-refractivity contribution in [3.05, 3.63) is 58.6 Å². The van der Waals surface area contributed by atoms with Crippen molar-refractivity contribution in [2.45, 2.75) is 69.9 Å². The van der Waals surface area contributed by atoms with Crippen molar-refractivity contribution in [1.82, 2.24) is 20.2 Å². The lowest BCUT2D eigenvalue weighted by Crippen LogP contribution is -2.52. The average Bonchev–Trinajstić information content (AvgIpc) is 3.21. The van der Waals surface area contributed by atoms with Crippen molar-refractivity contribution in [2.75, 3.05) is 12.3 Å². The summed E-state index contributed by atoms with van der Waals surface area (Å²) in [5.41, 5.74) is 5.89. The number of nitrogen functional groups attached to an aromatic ring is 1. The molecule has 2 heterocycles. The second kappa shape index (κ2) is 12.3. The van der Waals surface area contributed by atoms with Gasteiger partial charge in [-0.1, -0.05) is 50.1 Å². The van der Waals surface area contributed by atoms with Crippen molar-refractivity contribution in [3.63, 3.8) is 0 Å². The molecule has 4 atom stereocenters. The highest BCUT2D eigenvalue weighted by atomic mass is 16.5.